The Hall–Kier alpha value is -1.45. The first kappa shape index (κ1) is 12.6. The van der Waals surface area contributed by atoms with Crippen molar-refractivity contribution in [2.75, 3.05) is 0 Å². The SMILES string of the molecule is CCc1ccc(CC(F)(F)CC(=O)O)cc1. The number of rotatable bonds is 5. The fourth-order valence-corrected chi connectivity index (χ4v) is 1.48. The van der Waals surface area contributed by atoms with Crippen LogP contribution in [0.3, 0.4) is 0 Å². The highest BCUT2D eigenvalue weighted by atomic mass is 19.3. The number of carboxylic acids is 1. The van der Waals surface area contributed by atoms with Gasteiger partial charge >= 0.3 is 5.97 Å². The normalized spacial score (nSPS) is 11.4. The second-order valence-electron chi connectivity index (χ2n) is 3.77. The van der Waals surface area contributed by atoms with Gasteiger partial charge in [-0.1, -0.05) is 31.2 Å². The molecule has 0 amide bonds. The molecule has 16 heavy (non-hydrogen) atoms. The van der Waals surface area contributed by atoms with E-state index in [2.05, 4.69) is 0 Å². The number of hydrogen-bond acceptors (Lipinski definition) is 1. The molecule has 1 aromatic rings. The molecule has 0 spiro atoms. The summed E-state index contributed by atoms with van der Waals surface area (Å²) in [4.78, 5) is 10.2. The van der Waals surface area contributed by atoms with Gasteiger partial charge in [-0.15, -0.1) is 0 Å². The van der Waals surface area contributed by atoms with Crippen molar-refractivity contribution < 1.29 is 18.7 Å². The van der Waals surface area contributed by atoms with E-state index in [0.29, 0.717) is 5.56 Å². The van der Waals surface area contributed by atoms with Crippen LogP contribution in [0.1, 0.15) is 24.5 Å². The smallest absolute Gasteiger partial charge is 0.309 e. The molecular weight excluding hydrogens is 214 g/mol. The molecular formula is C12H14F2O2. The summed E-state index contributed by atoms with van der Waals surface area (Å²) < 4.78 is 26.3. The lowest BCUT2D eigenvalue weighted by Crippen LogP contribution is -2.23. The van der Waals surface area contributed by atoms with Crippen molar-refractivity contribution in [1.82, 2.24) is 0 Å². The monoisotopic (exact) mass is 228 g/mol. The Morgan fingerprint density at radius 3 is 2.19 bits per heavy atom. The zero-order chi connectivity index (χ0) is 12.2. The summed E-state index contributed by atoms with van der Waals surface area (Å²) in [5, 5.41) is 8.33. The predicted octanol–water partition coefficient (Wildman–Crippen LogP) is 2.90. The number of benzene rings is 1. The lowest BCUT2D eigenvalue weighted by atomic mass is 10.0. The maximum absolute atomic E-state index is 13.2. The van der Waals surface area contributed by atoms with Gasteiger partial charge in [0.05, 0.1) is 0 Å². The minimum atomic E-state index is -3.18. The van der Waals surface area contributed by atoms with Crippen LogP contribution in [-0.2, 0) is 17.6 Å². The zero-order valence-corrected chi connectivity index (χ0v) is 9.04. The van der Waals surface area contributed by atoms with Gasteiger partial charge < -0.3 is 5.11 Å². The zero-order valence-electron chi connectivity index (χ0n) is 9.04. The molecule has 0 saturated heterocycles. The predicted molar refractivity (Wildman–Crippen MR) is 56.7 cm³/mol. The Kier molecular flexibility index (Phi) is 3.99. The van der Waals surface area contributed by atoms with Crippen molar-refractivity contribution in [3.05, 3.63) is 35.4 Å². The minimum Gasteiger partial charge on any atom is -0.481 e. The summed E-state index contributed by atoms with van der Waals surface area (Å²) in [6.45, 7) is 1.98. The van der Waals surface area contributed by atoms with Crippen LogP contribution in [0, 0.1) is 0 Å². The van der Waals surface area contributed by atoms with E-state index in [1.165, 1.54) is 0 Å². The van der Waals surface area contributed by atoms with Crippen LogP contribution in [0.25, 0.3) is 0 Å². The number of hydrogen-bond donors (Lipinski definition) is 1. The number of aliphatic carboxylic acids is 1. The fourth-order valence-electron chi connectivity index (χ4n) is 1.48. The summed E-state index contributed by atoms with van der Waals surface area (Å²) >= 11 is 0. The average molecular weight is 228 g/mol. The molecule has 0 radical (unpaired) electrons. The van der Waals surface area contributed by atoms with Gasteiger partial charge in [0.25, 0.3) is 5.92 Å². The van der Waals surface area contributed by atoms with Crippen molar-refractivity contribution in [3.63, 3.8) is 0 Å². The Morgan fingerprint density at radius 2 is 1.75 bits per heavy atom. The van der Waals surface area contributed by atoms with Crippen molar-refractivity contribution in [3.8, 4) is 0 Å². The van der Waals surface area contributed by atoms with E-state index in [4.69, 9.17) is 5.11 Å². The first-order valence-corrected chi connectivity index (χ1v) is 5.10. The van der Waals surface area contributed by atoms with Gasteiger partial charge in [0.15, 0.2) is 0 Å². The Balaban J connectivity index is 2.68. The molecule has 2 nitrogen and oxygen atoms in total. The summed E-state index contributed by atoms with van der Waals surface area (Å²) in [5.41, 5.74) is 1.54. The van der Waals surface area contributed by atoms with Crippen molar-refractivity contribution in [2.24, 2.45) is 0 Å². The third-order valence-electron chi connectivity index (χ3n) is 2.30. The van der Waals surface area contributed by atoms with Gasteiger partial charge in [-0.25, -0.2) is 8.78 Å². The van der Waals surface area contributed by atoms with Crippen LogP contribution in [0.2, 0.25) is 0 Å². The molecule has 1 rings (SSSR count). The maximum Gasteiger partial charge on any atom is 0.309 e. The van der Waals surface area contributed by atoms with Crippen molar-refractivity contribution >= 4 is 5.97 Å². The summed E-state index contributed by atoms with van der Waals surface area (Å²) in [7, 11) is 0. The molecule has 0 heterocycles. The van der Waals surface area contributed by atoms with E-state index in [9.17, 15) is 13.6 Å². The van der Waals surface area contributed by atoms with Gasteiger partial charge in [-0.2, -0.15) is 0 Å². The molecule has 1 N–H and O–H groups in total. The molecule has 1 aromatic carbocycles. The molecule has 4 heteroatoms. The molecule has 0 atom stereocenters. The van der Waals surface area contributed by atoms with Crippen LogP contribution in [-0.4, -0.2) is 17.0 Å². The molecule has 0 aliphatic heterocycles. The van der Waals surface area contributed by atoms with Gasteiger partial charge in [0, 0.05) is 6.42 Å². The molecule has 0 bridgehead atoms. The summed E-state index contributed by atoms with van der Waals surface area (Å²) in [6.07, 6.45) is -0.794. The molecule has 0 fully saturated rings. The van der Waals surface area contributed by atoms with Crippen LogP contribution in [0.15, 0.2) is 24.3 Å². The maximum atomic E-state index is 13.2. The van der Waals surface area contributed by atoms with Gasteiger partial charge in [0.2, 0.25) is 0 Å². The largest absolute Gasteiger partial charge is 0.481 e. The van der Waals surface area contributed by atoms with Gasteiger partial charge in [0.1, 0.15) is 6.42 Å². The molecule has 0 aliphatic carbocycles. The van der Waals surface area contributed by atoms with E-state index in [1.807, 2.05) is 6.92 Å². The quantitative estimate of drug-likeness (QED) is 0.841. The van der Waals surface area contributed by atoms with E-state index in [0.717, 1.165) is 12.0 Å². The number of carbonyl (C=O) groups is 1. The van der Waals surface area contributed by atoms with E-state index in [-0.39, 0.29) is 0 Å². The molecule has 0 aromatic heterocycles. The third-order valence-corrected chi connectivity index (χ3v) is 2.30. The lowest BCUT2D eigenvalue weighted by Gasteiger charge is -2.13. The summed E-state index contributed by atoms with van der Waals surface area (Å²) in [5.74, 6) is -4.66. The number of alkyl halides is 2. The highest BCUT2D eigenvalue weighted by molar-refractivity contribution is 5.67. The van der Waals surface area contributed by atoms with E-state index in [1.54, 1.807) is 24.3 Å². The molecule has 0 saturated carbocycles. The van der Waals surface area contributed by atoms with E-state index < -0.39 is 24.7 Å². The standard InChI is InChI=1S/C12H14F2O2/c1-2-9-3-5-10(6-4-9)7-12(13,14)8-11(15)16/h3-6H,2,7-8H2,1H3,(H,15,16). The Morgan fingerprint density at radius 1 is 1.25 bits per heavy atom. The Labute approximate surface area is 92.9 Å². The fraction of sp³-hybridized carbons (Fsp3) is 0.417. The highest BCUT2D eigenvalue weighted by Gasteiger charge is 2.32. The topological polar surface area (TPSA) is 37.3 Å². The highest BCUT2D eigenvalue weighted by Crippen LogP contribution is 2.24. The molecule has 0 unspecified atom stereocenters. The minimum absolute atomic E-state index is 0.462. The van der Waals surface area contributed by atoms with Crippen LogP contribution in [0.5, 0.6) is 0 Å². The molecule has 88 valence electrons. The van der Waals surface area contributed by atoms with Crippen molar-refractivity contribution in [2.45, 2.75) is 32.1 Å². The third kappa shape index (κ3) is 3.96. The van der Waals surface area contributed by atoms with Crippen LogP contribution in [0.4, 0.5) is 8.78 Å². The first-order valence-electron chi connectivity index (χ1n) is 5.10. The first-order chi connectivity index (χ1) is 7.43. The van der Waals surface area contributed by atoms with E-state index >= 15 is 0 Å². The van der Waals surface area contributed by atoms with Crippen LogP contribution >= 0.6 is 0 Å². The van der Waals surface area contributed by atoms with Crippen LogP contribution < -0.4 is 0 Å². The lowest BCUT2D eigenvalue weighted by molar-refractivity contribution is -0.144. The second-order valence-corrected chi connectivity index (χ2v) is 3.77. The number of halogens is 2. The number of aryl methyl sites for hydroxylation is 1. The van der Waals surface area contributed by atoms with Gasteiger partial charge in [-0.3, -0.25) is 4.79 Å². The van der Waals surface area contributed by atoms with Gasteiger partial charge in [-0.05, 0) is 17.5 Å². The number of carboxylic acid groups (broad SMARTS) is 1. The second kappa shape index (κ2) is 5.05. The summed E-state index contributed by atoms with van der Waals surface area (Å²) in [6, 6.07) is 6.81. The Bertz CT molecular complexity index is 358. The average Bonchev–Trinajstić information content (AvgIpc) is 2.16. The molecule has 0 aliphatic rings. The van der Waals surface area contributed by atoms with Crippen molar-refractivity contribution in [1.29, 1.82) is 0 Å².